The summed E-state index contributed by atoms with van der Waals surface area (Å²) in [6.07, 6.45) is 2.04. The number of amides is 3. The zero-order chi connectivity index (χ0) is 18.7. The Labute approximate surface area is 152 Å². The van der Waals surface area contributed by atoms with Crippen molar-refractivity contribution in [2.45, 2.75) is 32.7 Å². The van der Waals surface area contributed by atoms with Crippen molar-refractivity contribution in [2.24, 2.45) is 0 Å². The van der Waals surface area contributed by atoms with Crippen LogP contribution in [0.3, 0.4) is 0 Å². The lowest BCUT2D eigenvalue weighted by Crippen LogP contribution is -2.25. The van der Waals surface area contributed by atoms with E-state index >= 15 is 0 Å². The molecule has 26 heavy (non-hydrogen) atoms. The molecule has 3 N–H and O–H groups in total. The minimum Gasteiger partial charge on any atom is -0.349 e. The predicted octanol–water partition coefficient (Wildman–Crippen LogP) is 3.10. The molecule has 0 aliphatic heterocycles. The van der Waals surface area contributed by atoms with Gasteiger partial charge < -0.3 is 16.0 Å². The minimum absolute atomic E-state index is 0.129. The summed E-state index contributed by atoms with van der Waals surface area (Å²) in [5.41, 5.74) is 2.94. The highest BCUT2D eigenvalue weighted by Crippen LogP contribution is 2.22. The molecule has 0 aromatic heterocycles. The van der Waals surface area contributed by atoms with E-state index in [1.807, 2.05) is 13.0 Å². The number of carbonyl (C=O) groups excluding carboxylic acids is 3. The Morgan fingerprint density at radius 3 is 2.35 bits per heavy atom. The standard InChI is InChI=1S/C20H21N3O3/c1-12-6-7-15(19(25)22-16-8-9-16)11-18(12)23-20(26)14-4-3-5-17(10-14)21-13(2)24/h3-7,10-11,16H,8-9H2,1-2H3,(H,21,24)(H,22,25)(H,23,26). The molecule has 0 saturated heterocycles. The summed E-state index contributed by atoms with van der Waals surface area (Å²) in [6, 6.07) is 12.2. The van der Waals surface area contributed by atoms with E-state index in [-0.39, 0.29) is 23.8 Å². The molecule has 1 fully saturated rings. The van der Waals surface area contributed by atoms with Crippen molar-refractivity contribution in [3.05, 3.63) is 59.2 Å². The number of anilines is 2. The third-order valence-electron chi connectivity index (χ3n) is 4.11. The first-order chi connectivity index (χ1) is 12.4. The van der Waals surface area contributed by atoms with Crippen LogP contribution in [0.4, 0.5) is 11.4 Å². The number of aryl methyl sites for hydroxylation is 1. The van der Waals surface area contributed by atoms with Gasteiger partial charge in [-0.2, -0.15) is 0 Å². The van der Waals surface area contributed by atoms with Gasteiger partial charge in [-0.1, -0.05) is 12.1 Å². The van der Waals surface area contributed by atoms with E-state index in [1.54, 1.807) is 36.4 Å². The lowest BCUT2D eigenvalue weighted by Gasteiger charge is -2.12. The minimum atomic E-state index is -0.306. The number of nitrogens with one attached hydrogen (secondary N) is 3. The van der Waals surface area contributed by atoms with Gasteiger partial charge >= 0.3 is 0 Å². The Balaban J connectivity index is 1.76. The van der Waals surface area contributed by atoms with Gasteiger partial charge in [0.15, 0.2) is 0 Å². The Hall–Kier alpha value is -3.15. The Morgan fingerprint density at radius 1 is 0.923 bits per heavy atom. The predicted molar refractivity (Wildman–Crippen MR) is 100 cm³/mol. The van der Waals surface area contributed by atoms with Gasteiger partial charge in [0.05, 0.1) is 0 Å². The summed E-state index contributed by atoms with van der Waals surface area (Å²) in [4.78, 5) is 35.9. The molecule has 2 aromatic carbocycles. The van der Waals surface area contributed by atoms with Gasteiger partial charge in [0, 0.05) is 35.5 Å². The van der Waals surface area contributed by atoms with Crippen molar-refractivity contribution in [3.63, 3.8) is 0 Å². The van der Waals surface area contributed by atoms with E-state index < -0.39 is 0 Å². The van der Waals surface area contributed by atoms with E-state index in [9.17, 15) is 14.4 Å². The van der Waals surface area contributed by atoms with Crippen LogP contribution in [-0.2, 0) is 4.79 Å². The van der Waals surface area contributed by atoms with Crippen molar-refractivity contribution in [2.75, 3.05) is 10.6 Å². The molecule has 0 radical (unpaired) electrons. The molecule has 0 atom stereocenters. The molecule has 3 rings (SSSR count). The highest BCUT2D eigenvalue weighted by Gasteiger charge is 2.24. The fourth-order valence-electron chi connectivity index (χ4n) is 2.53. The second kappa shape index (κ2) is 7.39. The number of hydrogen-bond donors (Lipinski definition) is 3. The van der Waals surface area contributed by atoms with E-state index in [4.69, 9.17) is 0 Å². The Kier molecular flexibility index (Phi) is 5.02. The molecule has 0 heterocycles. The van der Waals surface area contributed by atoms with Gasteiger partial charge in [0.25, 0.3) is 11.8 Å². The van der Waals surface area contributed by atoms with Crippen molar-refractivity contribution in [3.8, 4) is 0 Å². The second-order valence-electron chi connectivity index (χ2n) is 6.49. The molecule has 0 bridgehead atoms. The smallest absolute Gasteiger partial charge is 0.255 e. The van der Waals surface area contributed by atoms with Crippen LogP contribution in [0.1, 0.15) is 46.0 Å². The molecule has 134 valence electrons. The van der Waals surface area contributed by atoms with Crippen LogP contribution in [0, 0.1) is 6.92 Å². The van der Waals surface area contributed by atoms with E-state index in [0.29, 0.717) is 22.5 Å². The maximum Gasteiger partial charge on any atom is 0.255 e. The first-order valence-electron chi connectivity index (χ1n) is 8.53. The fraction of sp³-hybridized carbons (Fsp3) is 0.250. The summed E-state index contributed by atoms with van der Waals surface area (Å²) < 4.78 is 0. The van der Waals surface area contributed by atoms with Crippen LogP contribution in [0.15, 0.2) is 42.5 Å². The van der Waals surface area contributed by atoms with Crippen molar-refractivity contribution >= 4 is 29.1 Å². The van der Waals surface area contributed by atoms with Gasteiger partial charge in [-0.05, 0) is 55.7 Å². The first-order valence-corrected chi connectivity index (χ1v) is 8.53. The number of benzene rings is 2. The maximum absolute atomic E-state index is 12.5. The average molecular weight is 351 g/mol. The van der Waals surface area contributed by atoms with E-state index in [1.165, 1.54) is 6.92 Å². The third kappa shape index (κ3) is 4.47. The quantitative estimate of drug-likeness (QED) is 0.773. The van der Waals surface area contributed by atoms with Gasteiger partial charge in [0.2, 0.25) is 5.91 Å². The monoisotopic (exact) mass is 351 g/mol. The molecule has 1 saturated carbocycles. The van der Waals surface area contributed by atoms with Crippen LogP contribution in [0.2, 0.25) is 0 Å². The summed E-state index contributed by atoms with van der Waals surface area (Å²) in [5.74, 6) is -0.636. The highest BCUT2D eigenvalue weighted by molar-refractivity contribution is 6.06. The summed E-state index contributed by atoms with van der Waals surface area (Å²) in [6.45, 7) is 3.28. The fourth-order valence-corrected chi connectivity index (χ4v) is 2.53. The maximum atomic E-state index is 12.5. The van der Waals surface area contributed by atoms with Crippen LogP contribution in [0.25, 0.3) is 0 Å². The zero-order valence-electron chi connectivity index (χ0n) is 14.8. The van der Waals surface area contributed by atoms with Crippen LogP contribution in [-0.4, -0.2) is 23.8 Å². The van der Waals surface area contributed by atoms with Gasteiger partial charge in [0.1, 0.15) is 0 Å². The van der Waals surface area contributed by atoms with Gasteiger partial charge in [-0.15, -0.1) is 0 Å². The van der Waals surface area contributed by atoms with Crippen LogP contribution < -0.4 is 16.0 Å². The van der Waals surface area contributed by atoms with Gasteiger partial charge in [-0.25, -0.2) is 0 Å². The molecule has 3 amide bonds. The molecular weight excluding hydrogens is 330 g/mol. The van der Waals surface area contributed by atoms with Gasteiger partial charge in [-0.3, -0.25) is 14.4 Å². The molecule has 2 aromatic rings. The molecule has 0 spiro atoms. The Morgan fingerprint density at radius 2 is 1.65 bits per heavy atom. The molecule has 1 aliphatic carbocycles. The first kappa shape index (κ1) is 17.7. The highest BCUT2D eigenvalue weighted by atomic mass is 16.2. The zero-order valence-corrected chi connectivity index (χ0v) is 14.8. The molecule has 6 nitrogen and oxygen atoms in total. The molecule has 1 aliphatic rings. The number of carbonyl (C=O) groups is 3. The summed E-state index contributed by atoms with van der Waals surface area (Å²) in [5, 5.41) is 8.43. The van der Waals surface area contributed by atoms with Crippen LogP contribution >= 0.6 is 0 Å². The lowest BCUT2D eigenvalue weighted by atomic mass is 10.1. The largest absolute Gasteiger partial charge is 0.349 e. The Bertz CT molecular complexity index is 872. The topological polar surface area (TPSA) is 87.3 Å². The summed E-state index contributed by atoms with van der Waals surface area (Å²) in [7, 11) is 0. The lowest BCUT2D eigenvalue weighted by molar-refractivity contribution is -0.114. The molecule has 0 unspecified atom stereocenters. The van der Waals surface area contributed by atoms with E-state index in [0.717, 1.165) is 18.4 Å². The number of rotatable bonds is 5. The summed E-state index contributed by atoms with van der Waals surface area (Å²) >= 11 is 0. The van der Waals surface area contributed by atoms with Crippen molar-refractivity contribution < 1.29 is 14.4 Å². The average Bonchev–Trinajstić information content (AvgIpc) is 3.40. The normalized spacial score (nSPS) is 13.0. The number of hydrogen-bond acceptors (Lipinski definition) is 3. The second-order valence-corrected chi connectivity index (χ2v) is 6.49. The molecular formula is C20H21N3O3. The van der Waals surface area contributed by atoms with Crippen molar-refractivity contribution in [1.29, 1.82) is 0 Å². The van der Waals surface area contributed by atoms with Crippen LogP contribution in [0.5, 0.6) is 0 Å². The third-order valence-corrected chi connectivity index (χ3v) is 4.11. The molecule has 6 heteroatoms. The SMILES string of the molecule is CC(=O)Nc1cccc(C(=O)Nc2cc(C(=O)NC3CC3)ccc2C)c1. The van der Waals surface area contributed by atoms with Crippen molar-refractivity contribution in [1.82, 2.24) is 5.32 Å². The van der Waals surface area contributed by atoms with E-state index in [2.05, 4.69) is 16.0 Å².